The van der Waals surface area contributed by atoms with E-state index in [0.717, 1.165) is 0 Å². The summed E-state index contributed by atoms with van der Waals surface area (Å²) < 4.78 is 0. The number of carbonyl (C=O) groups excluding carboxylic acids is 4. The van der Waals surface area contributed by atoms with E-state index >= 15 is 0 Å². The van der Waals surface area contributed by atoms with Crippen LogP contribution in [0.4, 0.5) is 0 Å². The molecule has 0 N–H and O–H groups in total. The number of benzene rings is 1. The fraction of sp³-hybridized carbons (Fsp3) is 0.400. The summed E-state index contributed by atoms with van der Waals surface area (Å²) in [5, 5.41) is 0. The third-order valence-electron chi connectivity index (χ3n) is 6.53. The summed E-state index contributed by atoms with van der Waals surface area (Å²) >= 11 is 0. The monoisotopic (exact) mass is 458 g/mol. The summed E-state index contributed by atoms with van der Waals surface area (Å²) in [6.07, 6.45) is 7.16. The molecule has 1 aliphatic rings. The fourth-order valence-electron chi connectivity index (χ4n) is 4.40. The minimum atomic E-state index is -0.737. The number of hydrogen-bond donors (Lipinski definition) is 0. The van der Waals surface area contributed by atoms with Gasteiger partial charge in [0.2, 0.25) is 5.78 Å². The number of terminal acetylenes is 1. The quantitative estimate of drug-likeness (QED) is 0.217. The number of carbonyl (C=O) groups is 4. The van der Waals surface area contributed by atoms with Gasteiger partial charge in [-0.3, -0.25) is 19.2 Å². The largest absolute Gasteiger partial charge is 0.299 e. The van der Waals surface area contributed by atoms with Crippen molar-refractivity contribution in [1.82, 2.24) is 0 Å². The normalized spacial score (nSPS) is 15.0. The highest BCUT2D eigenvalue weighted by Gasteiger charge is 2.39. The molecule has 0 amide bonds. The van der Waals surface area contributed by atoms with E-state index in [1.807, 2.05) is 26.8 Å². The summed E-state index contributed by atoms with van der Waals surface area (Å²) in [5.41, 5.74) is 2.22. The summed E-state index contributed by atoms with van der Waals surface area (Å²) in [6, 6.07) is 6.86. The lowest BCUT2D eigenvalue weighted by Gasteiger charge is -2.32. The van der Waals surface area contributed by atoms with Gasteiger partial charge in [0.25, 0.3) is 0 Å². The molecule has 1 aromatic rings. The highest BCUT2D eigenvalue weighted by Crippen LogP contribution is 2.40. The lowest BCUT2D eigenvalue weighted by Crippen LogP contribution is -2.33. The molecular weight excluding hydrogens is 424 g/mol. The predicted molar refractivity (Wildman–Crippen MR) is 136 cm³/mol. The zero-order valence-corrected chi connectivity index (χ0v) is 20.9. The molecular formula is C30H34O4. The van der Waals surface area contributed by atoms with Crippen molar-refractivity contribution in [1.29, 1.82) is 0 Å². The van der Waals surface area contributed by atoms with Crippen LogP contribution in [-0.2, 0) is 14.4 Å². The summed E-state index contributed by atoms with van der Waals surface area (Å²) in [7, 11) is 0. The first-order valence-corrected chi connectivity index (χ1v) is 11.5. The number of allylic oxidation sites excluding steroid dienone is 4. The van der Waals surface area contributed by atoms with Crippen LogP contribution in [0.25, 0.3) is 0 Å². The van der Waals surface area contributed by atoms with Gasteiger partial charge >= 0.3 is 0 Å². The van der Waals surface area contributed by atoms with Crippen LogP contribution in [0.3, 0.4) is 0 Å². The Morgan fingerprint density at radius 3 is 2.32 bits per heavy atom. The maximum atomic E-state index is 13.2. The maximum Gasteiger partial charge on any atom is 0.235 e. The molecule has 0 aromatic heterocycles. The van der Waals surface area contributed by atoms with Crippen LogP contribution < -0.4 is 0 Å². The van der Waals surface area contributed by atoms with Crippen molar-refractivity contribution in [2.24, 2.45) is 11.3 Å². The van der Waals surface area contributed by atoms with Crippen LogP contribution in [0.5, 0.6) is 0 Å². The molecule has 4 heteroatoms. The van der Waals surface area contributed by atoms with Crippen molar-refractivity contribution >= 4 is 23.1 Å². The molecule has 178 valence electrons. The van der Waals surface area contributed by atoms with Crippen molar-refractivity contribution in [3.05, 3.63) is 57.7 Å². The van der Waals surface area contributed by atoms with Gasteiger partial charge in [-0.1, -0.05) is 44.7 Å². The zero-order chi connectivity index (χ0) is 25.6. The Morgan fingerprint density at radius 1 is 1.06 bits per heavy atom. The molecule has 0 spiro atoms. The van der Waals surface area contributed by atoms with Gasteiger partial charge in [-0.15, -0.1) is 6.42 Å². The molecule has 2 rings (SSSR count). The molecule has 1 atom stereocenters. The van der Waals surface area contributed by atoms with E-state index < -0.39 is 5.41 Å². The first-order chi connectivity index (χ1) is 15.9. The van der Waals surface area contributed by atoms with Gasteiger partial charge in [-0.05, 0) is 51.7 Å². The van der Waals surface area contributed by atoms with E-state index in [1.165, 1.54) is 0 Å². The lowest BCUT2D eigenvalue weighted by atomic mass is 9.69. The molecule has 0 heterocycles. The SMILES string of the molecule is C#CC(=O)c1cccc(C#CCCC(CC)C(=O)CC(C)(C)C2=C(C)C(=O)C(C)=C(C)C2=O)c1.[HH]. The van der Waals surface area contributed by atoms with Crippen molar-refractivity contribution in [2.75, 3.05) is 0 Å². The van der Waals surface area contributed by atoms with Crippen LogP contribution >= 0.6 is 0 Å². The number of rotatable bonds is 8. The van der Waals surface area contributed by atoms with E-state index in [9.17, 15) is 19.2 Å². The second-order valence-electron chi connectivity index (χ2n) is 9.44. The second kappa shape index (κ2) is 11.1. The molecule has 0 radical (unpaired) electrons. The standard InChI is InChI=1S/C30H32O4.H2/c1-8-23(15-11-10-13-22-14-12-16-24(17-22)25(31)9-2)26(32)18-30(6,7)27-21(5)28(33)19(3)20(4)29(27)34;/h2,12,14,16-17,23H,8,11,15,18H2,1,3-7H3;1H. The first-order valence-electron chi connectivity index (χ1n) is 11.5. The molecule has 1 aromatic carbocycles. The Morgan fingerprint density at radius 2 is 1.71 bits per heavy atom. The van der Waals surface area contributed by atoms with E-state index in [-0.39, 0.29) is 36.9 Å². The maximum absolute atomic E-state index is 13.2. The molecule has 0 saturated carbocycles. The summed E-state index contributed by atoms with van der Waals surface area (Å²) in [5.74, 6) is 7.45. The van der Waals surface area contributed by atoms with E-state index in [2.05, 4.69) is 17.8 Å². The Kier molecular flexibility index (Phi) is 8.72. The molecule has 0 saturated heterocycles. The molecule has 4 nitrogen and oxygen atoms in total. The van der Waals surface area contributed by atoms with Crippen LogP contribution in [0.1, 0.15) is 84.6 Å². The van der Waals surface area contributed by atoms with E-state index in [1.54, 1.807) is 39.0 Å². The van der Waals surface area contributed by atoms with Gasteiger partial charge in [-0.25, -0.2) is 0 Å². The van der Waals surface area contributed by atoms with Crippen LogP contribution in [0.2, 0.25) is 0 Å². The van der Waals surface area contributed by atoms with Gasteiger partial charge in [0.05, 0.1) is 0 Å². The van der Waals surface area contributed by atoms with Gasteiger partial charge in [0, 0.05) is 59.0 Å². The number of ketones is 4. The highest BCUT2D eigenvalue weighted by molar-refractivity contribution is 6.25. The van der Waals surface area contributed by atoms with Crippen LogP contribution in [-0.4, -0.2) is 23.1 Å². The molecule has 34 heavy (non-hydrogen) atoms. The van der Waals surface area contributed by atoms with Crippen molar-refractivity contribution in [2.45, 2.75) is 67.2 Å². The Bertz CT molecular complexity index is 1210. The second-order valence-corrected chi connectivity index (χ2v) is 9.44. The summed E-state index contributed by atoms with van der Waals surface area (Å²) in [6.45, 7) is 10.7. The first kappa shape index (κ1) is 26.7. The Balaban J connectivity index is 0.00000612. The molecule has 0 bridgehead atoms. The van der Waals surface area contributed by atoms with Crippen molar-refractivity contribution < 1.29 is 20.6 Å². The van der Waals surface area contributed by atoms with E-state index in [4.69, 9.17) is 6.42 Å². The third kappa shape index (κ3) is 5.89. The minimum Gasteiger partial charge on any atom is -0.299 e. The van der Waals surface area contributed by atoms with Gasteiger partial charge < -0.3 is 0 Å². The fourth-order valence-corrected chi connectivity index (χ4v) is 4.40. The topological polar surface area (TPSA) is 68.3 Å². The van der Waals surface area contributed by atoms with Crippen molar-refractivity contribution in [3.63, 3.8) is 0 Å². The highest BCUT2D eigenvalue weighted by atomic mass is 16.1. The molecule has 1 unspecified atom stereocenters. The molecule has 0 aliphatic heterocycles. The summed E-state index contributed by atoms with van der Waals surface area (Å²) in [4.78, 5) is 50.4. The number of hydrogen-bond acceptors (Lipinski definition) is 4. The predicted octanol–water partition coefficient (Wildman–Crippen LogP) is 5.70. The van der Waals surface area contributed by atoms with Crippen LogP contribution in [0.15, 0.2) is 46.6 Å². The Labute approximate surface area is 204 Å². The average Bonchev–Trinajstić information content (AvgIpc) is 2.80. The van der Waals surface area contributed by atoms with Crippen molar-refractivity contribution in [3.8, 4) is 24.2 Å². The minimum absolute atomic E-state index is 0. The van der Waals surface area contributed by atoms with E-state index in [0.29, 0.717) is 52.7 Å². The molecule has 0 fully saturated rings. The average molecular weight is 459 g/mol. The smallest absolute Gasteiger partial charge is 0.235 e. The van der Waals surface area contributed by atoms with Gasteiger partial charge in [0.15, 0.2) is 11.6 Å². The zero-order valence-electron chi connectivity index (χ0n) is 20.9. The van der Waals surface area contributed by atoms with Crippen LogP contribution in [0, 0.1) is 35.5 Å². The molecule has 1 aliphatic carbocycles. The third-order valence-corrected chi connectivity index (χ3v) is 6.53. The number of Topliss-reactive ketones (excluding diaryl/α,β-unsaturated/α-hetero) is 4. The Hall–Kier alpha value is -3.50. The van der Waals surface area contributed by atoms with Gasteiger partial charge in [0.1, 0.15) is 5.78 Å². The lowest BCUT2D eigenvalue weighted by molar-refractivity contribution is -0.125. The van der Waals surface area contributed by atoms with Gasteiger partial charge in [-0.2, -0.15) is 0 Å².